The molecule has 0 aromatic heterocycles. The van der Waals surface area contributed by atoms with E-state index >= 15 is 0 Å². The van der Waals surface area contributed by atoms with Gasteiger partial charge in [0.25, 0.3) is 5.76 Å². The molecule has 0 aliphatic rings. The maximum atomic E-state index is 12.6. The largest absolute Gasteiger partial charge is 0.378 e. The molecule has 1 N–H and O–H groups in total. The zero-order chi connectivity index (χ0) is 15.2. The van der Waals surface area contributed by atoms with Crippen LogP contribution in [0.2, 0.25) is 0 Å². The lowest BCUT2D eigenvalue weighted by molar-refractivity contribution is 0.252. The van der Waals surface area contributed by atoms with E-state index in [0.717, 1.165) is 5.56 Å². The molecular weight excluding hydrogens is 290 g/mol. The number of alkyl halides is 2. The predicted octanol–water partition coefficient (Wildman–Crippen LogP) is 5.05. The summed E-state index contributed by atoms with van der Waals surface area (Å²) in [6.45, 7) is 1.93. The number of para-hydroxylation sites is 1. The molecule has 0 fully saturated rings. The lowest BCUT2D eigenvalue weighted by Gasteiger charge is -2.18. The third-order valence-corrected chi connectivity index (χ3v) is 3.78. The highest BCUT2D eigenvalue weighted by Gasteiger charge is 2.12. The van der Waals surface area contributed by atoms with Crippen molar-refractivity contribution in [1.82, 2.24) is 0 Å². The van der Waals surface area contributed by atoms with E-state index in [1.807, 2.05) is 19.1 Å². The molecule has 0 saturated heterocycles. The Balaban J connectivity index is 2.19. The van der Waals surface area contributed by atoms with Crippen molar-refractivity contribution in [3.8, 4) is 6.07 Å². The molecule has 5 heteroatoms. The number of halogens is 2. The van der Waals surface area contributed by atoms with Gasteiger partial charge in [-0.1, -0.05) is 36.0 Å². The van der Waals surface area contributed by atoms with E-state index in [1.165, 1.54) is 0 Å². The van der Waals surface area contributed by atoms with Crippen molar-refractivity contribution >= 4 is 17.4 Å². The van der Waals surface area contributed by atoms with Crippen LogP contribution in [0.5, 0.6) is 0 Å². The smallest absolute Gasteiger partial charge is 0.288 e. The van der Waals surface area contributed by atoms with Crippen LogP contribution in [0, 0.1) is 11.3 Å². The van der Waals surface area contributed by atoms with Gasteiger partial charge in [-0.25, -0.2) is 0 Å². The Kier molecular flexibility index (Phi) is 5.18. The third kappa shape index (κ3) is 4.20. The zero-order valence-corrected chi connectivity index (χ0v) is 12.2. The molecule has 0 spiro atoms. The van der Waals surface area contributed by atoms with E-state index in [4.69, 9.17) is 5.26 Å². The minimum atomic E-state index is -2.45. The average molecular weight is 304 g/mol. The van der Waals surface area contributed by atoms with Crippen LogP contribution in [0.15, 0.2) is 53.4 Å². The van der Waals surface area contributed by atoms with Gasteiger partial charge in [-0.05, 0) is 36.8 Å². The molecule has 2 rings (SSSR count). The van der Waals surface area contributed by atoms with Crippen molar-refractivity contribution < 1.29 is 8.78 Å². The lowest BCUT2D eigenvalue weighted by atomic mass is 10.1. The van der Waals surface area contributed by atoms with Crippen LogP contribution < -0.4 is 5.32 Å². The molecule has 0 aliphatic carbocycles. The molecular formula is C16H14F2N2S. The highest BCUT2D eigenvalue weighted by Crippen LogP contribution is 2.33. The van der Waals surface area contributed by atoms with Gasteiger partial charge in [0, 0.05) is 16.6 Å². The molecule has 2 aromatic rings. The molecule has 0 amide bonds. The SMILES string of the molecule is CC(Nc1ccccc1SC(F)F)c1cccc(C#N)c1. The molecule has 0 heterocycles. The number of nitrogens with one attached hydrogen (secondary N) is 1. The Morgan fingerprint density at radius 3 is 2.62 bits per heavy atom. The van der Waals surface area contributed by atoms with E-state index < -0.39 is 5.76 Å². The van der Waals surface area contributed by atoms with E-state index in [1.54, 1.807) is 36.4 Å². The fourth-order valence-corrected chi connectivity index (χ4v) is 2.58. The summed E-state index contributed by atoms with van der Waals surface area (Å²) in [5.41, 5.74) is 2.18. The third-order valence-electron chi connectivity index (χ3n) is 2.99. The highest BCUT2D eigenvalue weighted by atomic mass is 32.2. The minimum absolute atomic E-state index is 0.0854. The second-order valence-electron chi connectivity index (χ2n) is 4.48. The minimum Gasteiger partial charge on any atom is -0.378 e. The fourth-order valence-electron chi connectivity index (χ4n) is 1.98. The van der Waals surface area contributed by atoms with Gasteiger partial charge in [0.1, 0.15) is 0 Å². The van der Waals surface area contributed by atoms with Crippen molar-refractivity contribution in [2.75, 3.05) is 5.32 Å². The zero-order valence-electron chi connectivity index (χ0n) is 11.4. The number of nitriles is 1. The van der Waals surface area contributed by atoms with Crippen molar-refractivity contribution in [1.29, 1.82) is 5.26 Å². The molecule has 0 aliphatic heterocycles. The van der Waals surface area contributed by atoms with Crippen LogP contribution in [-0.4, -0.2) is 5.76 Å². The quantitative estimate of drug-likeness (QED) is 0.785. The van der Waals surface area contributed by atoms with Crippen LogP contribution in [0.1, 0.15) is 24.1 Å². The second-order valence-corrected chi connectivity index (χ2v) is 5.51. The number of nitrogens with zero attached hydrogens (tertiary/aromatic N) is 1. The Bertz CT molecular complexity index is 653. The fraction of sp³-hybridized carbons (Fsp3) is 0.188. The summed E-state index contributed by atoms with van der Waals surface area (Å²) in [6, 6.07) is 16.2. The molecule has 2 aromatic carbocycles. The van der Waals surface area contributed by atoms with E-state index in [0.29, 0.717) is 27.9 Å². The summed E-state index contributed by atoms with van der Waals surface area (Å²) in [7, 11) is 0. The number of anilines is 1. The van der Waals surface area contributed by atoms with Gasteiger partial charge in [0.05, 0.1) is 11.6 Å². The first-order valence-electron chi connectivity index (χ1n) is 6.40. The Hall–Kier alpha value is -2.06. The first-order valence-corrected chi connectivity index (χ1v) is 7.28. The molecule has 1 unspecified atom stereocenters. The normalized spacial score (nSPS) is 12.0. The summed E-state index contributed by atoms with van der Waals surface area (Å²) in [6.07, 6.45) is 0. The van der Waals surface area contributed by atoms with Gasteiger partial charge < -0.3 is 5.32 Å². The molecule has 0 bridgehead atoms. The topological polar surface area (TPSA) is 35.8 Å². The van der Waals surface area contributed by atoms with Crippen LogP contribution in [-0.2, 0) is 0 Å². The molecule has 0 saturated carbocycles. The maximum absolute atomic E-state index is 12.6. The summed E-state index contributed by atoms with van der Waals surface area (Å²) >= 11 is 0.522. The van der Waals surface area contributed by atoms with Gasteiger partial charge in [0.2, 0.25) is 0 Å². The first kappa shape index (κ1) is 15.3. The van der Waals surface area contributed by atoms with Crippen LogP contribution in [0.25, 0.3) is 0 Å². The van der Waals surface area contributed by atoms with Crippen molar-refractivity contribution in [3.05, 3.63) is 59.7 Å². The lowest BCUT2D eigenvalue weighted by Crippen LogP contribution is -2.07. The average Bonchev–Trinajstić information content (AvgIpc) is 2.48. The summed E-state index contributed by atoms with van der Waals surface area (Å²) < 4.78 is 25.1. The van der Waals surface area contributed by atoms with Crippen molar-refractivity contribution in [2.45, 2.75) is 23.6 Å². The van der Waals surface area contributed by atoms with E-state index in [-0.39, 0.29) is 6.04 Å². The number of hydrogen-bond acceptors (Lipinski definition) is 3. The summed E-state index contributed by atoms with van der Waals surface area (Å²) in [5, 5.41) is 12.1. The second kappa shape index (κ2) is 7.09. The Labute approximate surface area is 126 Å². The number of benzene rings is 2. The number of thioether (sulfide) groups is 1. The summed E-state index contributed by atoms with van der Waals surface area (Å²) in [4.78, 5) is 0.510. The van der Waals surface area contributed by atoms with E-state index in [9.17, 15) is 8.78 Å². The van der Waals surface area contributed by atoms with Gasteiger partial charge in [-0.2, -0.15) is 14.0 Å². The van der Waals surface area contributed by atoms with Crippen LogP contribution >= 0.6 is 11.8 Å². The molecule has 21 heavy (non-hydrogen) atoms. The van der Waals surface area contributed by atoms with Gasteiger partial charge in [-0.15, -0.1) is 0 Å². The van der Waals surface area contributed by atoms with E-state index in [2.05, 4.69) is 11.4 Å². The van der Waals surface area contributed by atoms with Crippen LogP contribution in [0.3, 0.4) is 0 Å². The standard InChI is InChI=1S/C16H14F2N2S/c1-11(13-6-4-5-12(9-13)10-19)20-14-7-2-3-8-15(14)21-16(17)18/h2-9,11,16,20H,1H3. The predicted molar refractivity (Wildman–Crippen MR) is 81.5 cm³/mol. The van der Waals surface area contributed by atoms with Gasteiger partial charge in [0.15, 0.2) is 0 Å². The monoisotopic (exact) mass is 304 g/mol. The Morgan fingerprint density at radius 2 is 1.90 bits per heavy atom. The number of hydrogen-bond donors (Lipinski definition) is 1. The Morgan fingerprint density at radius 1 is 1.14 bits per heavy atom. The van der Waals surface area contributed by atoms with Gasteiger partial charge >= 0.3 is 0 Å². The molecule has 108 valence electrons. The highest BCUT2D eigenvalue weighted by molar-refractivity contribution is 7.99. The van der Waals surface area contributed by atoms with Gasteiger partial charge in [-0.3, -0.25) is 0 Å². The summed E-state index contributed by atoms with van der Waals surface area (Å²) in [5.74, 6) is -2.45. The van der Waals surface area contributed by atoms with Crippen molar-refractivity contribution in [2.24, 2.45) is 0 Å². The first-order chi connectivity index (χ1) is 10.1. The van der Waals surface area contributed by atoms with Crippen molar-refractivity contribution in [3.63, 3.8) is 0 Å². The number of rotatable bonds is 5. The molecule has 1 atom stereocenters. The molecule has 2 nitrogen and oxygen atoms in total. The van der Waals surface area contributed by atoms with Crippen LogP contribution in [0.4, 0.5) is 14.5 Å². The molecule has 0 radical (unpaired) electrons. The maximum Gasteiger partial charge on any atom is 0.288 e.